The summed E-state index contributed by atoms with van der Waals surface area (Å²) in [6, 6.07) is 1.36. The van der Waals surface area contributed by atoms with Crippen LogP contribution in [0.25, 0.3) is 0 Å². The van der Waals surface area contributed by atoms with Gasteiger partial charge in [0.2, 0.25) is 11.5 Å². The molecule has 1 aromatic heterocycles. The van der Waals surface area contributed by atoms with Crippen LogP contribution in [0, 0.1) is 24.2 Å². The van der Waals surface area contributed by atoms with E-state index in [0.717, 1.165) is 0 Å². The zero-order chi connectivity index (χ0) is 16.7. The van der Waals surface area contributed by atoms with E-state index >= 15 is 0 Å². The van der Waals surface area contributed by atoms with Crippen molar-refractivity contribution in [3.63, 3.8) is 0 Å². The number of ketones is 3. The highest BCUT2D eigenvalue weighted by Crippen LogP contribution is 2.40. The van der Waals surface area contributed by atoms with E-state index in [0.29, 0.717) is 5.69 Å². The number of esters is 1. The molecule has 1 saturated carbocycles. The average molecular weight is 307 g/mol. The maximum absolute atomic E-state index is 12.6. The van der Waals surface area contributed by atoms with Crippen molar-refractivity contribution in [2.45, 2.75) is 27.2 Å². The molecular weight excluding hydrogens is 290 g/mol. The molecule has 0 aromatic carbocycles. The normalized spacial score (nSPS) is 24.2. The Bertz CT molecular complexity index is 657. The predicted octanol–water partition coefficient (Wildman–Crippen LogP) is 1.14. The minimum absolute atomic E-state index is 0.0674. The quantitative estimate of drug-likeness (QED) is 0.468. The van der Waals surface area contributed by atoms with Gasteiger partial charge in [-0.3, -0.25) is 19.2 Å². The van der Waals surface area contributed by atoms with E-state index in [1.807, 2.05) is 0 Å². The number of methoxy groups -OCH3 is 1. The monoisotopic (exact) mass is 307 g/mol. The van der Waals surface area contributed by atoms with Gasteiger partial charge in [-0.05, 0) is 12.3 Å². The average Bonchev–Trinajstić information content (AvgIpc) is 2.83. The molecule has 0 bridgehead atoms. The summed E-state index contributed by atoms with van der Waals surface area (Å²) in [6.07, 6.45) is -0.0674. The van der Waals surface area contributed by atoms with Crippen LogP contribution in [0.2, 0.25) is 0 Å². The molecule has 1 fully saturated rings. The number of carbonyl (C=O) groups is 4. The fraction of sp³-hybridized carbons (Fsp3) is 0.533. The molecule has 22 heavy (non-hydrogen) atoms. The standard InChI is InChI=1S/C15H17NO6/c1-7-5-9(22-16-7)12(18)10-8(17)6-15(2,3)11(13(10)19)14(20)21-4/h5,10-11H,6H2,1-4H3/t10-,11-/m0/s1. The van der Waals surface area contributed by atoms with Gasteiger partial charge in [0.15, 0.2) is 11.6 Å². The molecule has 0 radical (unpaired) electrons. The highest BCUT2D eigenvalue weighted by atomic mass is 16.5. The van der Waals surface area contributed by atoms with E-state index in [1.165, 1.54) is 13.2 Å². The predicted molar refractivity (Wildman–Crippen MR) is 73.0 cm³/mol. The molecule has 1 aliphatic rings. The summed E-state index contributed by atoms with van der Waals surface area (Å²) < 4.78 is 9.48. The molecule has 0 spiro atoms. The van der Waals surface area contributed by atoms with Gasteiger partial charge in [0.1, 0.15) is 11.8 Å². The highest BCUT2D eigenvalue weighted by molar-refractivity contribution is 6.28. The number of rotatable bonds is 3. The summed E-state index contributed by atoms with van der Waals surface area (Å²) in [5.41, 5.74) is -0.432. The van der Waals surface area contributed by atoms with Crippen molar-refractivity contribution in [1.29, 1.82) is 0 Å². The Morgan fingerprint density at radius 1 is 1.36 bits per heavy atom. The summed E-state index contributed by atoms with van der Waals surface area (Å²) in [6.45, 7) is 4.87. The van der Waals surface area contributed by atoms with Crippen molar-refractivity contribution in [3.05, 3.63) is 17.5 Å². The van der Waals surface area contributed by atoms with E-state index < -0.39 is 40.6 Å². The smallest absolute Gasteiger partial charge is 0.316 e. The first-order chi connectivity index (χ1) is 10.2. The van der Waals surface area contributed by atoms with Gasteiger partial charge >= 0.3 is 5.97 Å². The lowest BCUT2D eigenvalue weighted by Crippen LogP contribution is -2.51. The third-order valence-electron chi connectivity index (χ3n) is 3.87. The minimum atomic E-state index is -1.54. The molecule has 1 heterocycles. The maximum atomic E-state index is 12.6. The van der Waals surface area contributed by atoms with Crippen LogP contribution in [0.3, 0.4) is 0 Å². The van der Waals surface area contributed by atoms with Crippen LogP contribution in [0.4, 0.5) is 0 Å². The second-order valence-electron chi connectivity index (χ2n) is 6.12. The van der Waals surface area contributed by atoms with Crippen molar-refractivity contribution in [1.82, 2.24) is 5.16 Å². The van der Waals surface area contributed by atoms with Crippen molar-refractivity contribution in [2.24, 2.45) is 17.3 Å². The van der Waals surface area contributed by atoms with Crippen LogP contribution in [-0.2, 0) is 19.1 Å². The third-order valence-corrected chi connectivity index (χ3v) is 3.87. The molecule has 7 heteroatoms. The Labute approximate surface area is 127 Å². The van der Waals surface area contributed by atoms with Crippen LogP contribution >= 0.6 is 0 Å². The molecule has 1 aromatic rings. The van der Waals surface area contributed by atoms with Gasteiger partial charge < -0.3 is 9.26 Å². The van der Waals surface area contributed by atoms with Gasteiger partial charge in [0, 0.05) is 12.5 Å². The van der Waals surface area contributed by atoms with Gasteiger partial charge in [-0.15, -0.1) is 0 Å². The third kappa shape index (κ3) is 2.58. The van der Waals surface area contributed by atoms with Crippen LogP contribution in [0.5, 0.6) is 0 Å². The molecule has 0 saturated heterocycles. The van der Waals surface area contributed by atoms with Crippen LogP contribution in [0.15, 0.2) is 10.6 Å². The Morgan fingerprint density at radius 2 is 2.00 bits per heavy atom. The minimum Gasteiger partial charge on any atom is -0.468 e. The lowest BCUT2D eigenvalue weighted by molar-refractivity contribution is -0.159. The lowest BCUT2D eigenvalue weighted by Gasteiger charge is -2.37. The second kappa shape index (κ2) is 5.47. The molecular formula is C15H17NO6. The molecule has 7 nitrogen and oxygen atoms in total. The molecule has 0 unspecified atom stereocenters. The van der Waals surface area contributed by atoms with E-state index in [1.54, 1.807) is 20.8 Å². The first-order valence-electron chi connectivity index (χ1n) is 6.81. The van der Waals surface area contributed by atoms with E-state index in [4.69, 9.17) is 4.52 Å². The number of carbonyl (C=O) groups excluding carboxylic acids is 4. The number of hydrogen-bond donors (Lipinski definition) is 0. The molecule has 0 aliphatic heterocycles. The zero-order valence-electron chi connectivity index (χ0n) is 12.8. The van der Waals surface area contributed by atoms with Gasteiger partial charge in [0.05, 0.1) is 12.8 Å². The van der Waals surface area contributed by atoms with Gasteiger partial charge in [-0.1, -0.05) is 19.0 Å². The zero-order valence-corrected chi connectivity index (χ0v) is 12.8. The van der Waals surface area contributed by atoms with Crippen molar-refractivity contribution in [3.8, 4) is 0 Å². The largest absolute Gasteiger partial charge is 0.468 e. The van der Waals surface area contributed by atoms with Crippen molar-refractivity contribution >= 4 is 23.3 Å². The highest BCUT2D eigenvalue weighted by Gasteiger charge is 2.54. The Balaban J connectivity index is 2.40. The van der Waals surface area contributed by atoms with Gasteiger partial charge in [0.25, 0.3) is 0 Å². The molecule has 2 atom stereocenters. The number of hydrogen-bond acceptors (Lipinski definition) is 7. The van der Waals surface area contributed by atoms with E-state index in [-0.39, 0.29) is 12.2 Å². The fourth-order valence-electron chi connectivity index (χ4n) is 2.81. The summed E-state index contributed by atoms with van der Waals surface area (Å²) >= 11 is 0. The fourth-order valence-corrected chi connectivity index (χ4v) is 2.81. The summed E-state index contributed by atoms with van der Waals surface area (Å²) in [4.78, 5) is 49.1. The van der Waals surface area contributed by atoms with E-state index in [2.05, 4.69) is 9.89 Å². The molecule has 0 amide bonds. The van der Waals surface area contributed by atoms with Crippen molar-refractivity contribution < 1.29 is 28.4 Å². The summed E-state index contributed by atoms with van der Waals surface area (Å²) in [5, 5.41) is 3.57. The first-order valence-corrected chi connectivity index (χ1v) is 6.81. The number of aromatic nitrogens is 1. The first kappa shape index (κ1) is 16.1. The molecule has 2 rings (SSSR count). The van der Waals surface area contributed by atoms with Crippen molar-refractivity contribution in [2.75, 3.05) is 7.11 Å². The number of aryl methyl sites for hydroxylation is 1. The van der Waals surface area contributed by atoms with Gasteiger partial charge in [-0.25, -0.2) is 0 Å². The SMILES string of the molecule is COC(=O)[C@@H]1C(=O)[C@H](C(=O)c2cc(C)no2)C(=O)CC1(C)C. The Kier molecular flexibility index (Phi) is 4.00. The number of ether oxygens (including phenoxy) is 1. The summed E-state index contributed by atoms with van der Waals surface area (Å²) in [5.74, 6) is -5.62. The second-order valence-corrected chi connectivity index (χ2v) is 6.12. The molecule has 1 aliphatic carbocycles. The lowest BCUT2D eigenvalue weighted by atomic mass is 9.63. The summed E-state index contributed by atoms with van der Waals surface area (Å²) in [7, 11) is 1.17. The topological polar surface area (TPSA) is 104 Å². The number of Topliss-reactive ketones (excluding diaryl/α,β-unsaturated/α-hetero) is 3. The van der Waals surface area contributed by atoms with Gasteiger partial charge in [-0.2, -0.15) is 0 Å². The number of nitrogens with zero attached hydrogens (tertiary/aromatic N) is 1. The van der Waals surface area contributed by atoms with E-state index in [9.17, 15) is 19.2 Å². The molecule has 0 N–H and O–H groups in total. The van der Waals surface area contributed by atoms with Crippen LogP contribution in [0.1, 0.15) is 36.5 Å². The van der Waals surface area contributed by atoms with Crippen LogP contribution < -0.4 is 0 Å². The maximum Gasteiger partial charge on any atom is 0.316 e. The van der Waals surface area contributed by atoms with Crippen LogP contribution in [-0.4, -0.2) is 35.6 Å². The Morgan fingerprint density at radius 3 is 2.50 bits per heavy atom. The Hall–Kier alpha value is -2.31. The molecule has 118 valence electrons.